The zero-order chi connectivity index (χ0) is 20.4. The maximum Gasteiger partial charge on any atom is 0.254 e. The van der Waals surface area contributed by atoms with Gasteiger partial charge >= 0.3 is 0 Å². The Balaban J connectivity index is 1.54. The standard InChI is InChI=1S/C22H21FN4O2/c1-15(27-14-24-19-7-3-4-8-20(19)27)21(28)25-18-12-16(11-17(23)13-18)22(29)26-9-5-2-6-10-26/h2-5,7-8,11-15H,6,9-10H2,1H3,(H,25,28). The summed E-state index contributed by atoms with van der Waals surface area (Å²) in [4.78, 5) is 31.4. The van der Waals surface area contributed by atoms with Crippen molar-refractivity contribution in [3.8, 4) is 0 Å². The molecule has 1 aliphatic heterocycles. The molecular formula is C22H21FN4O2. The zero-order valence-electron chi connectivity index (χ0n) is 16.0. The summed E-state index contributed by atoms with van der Waals surface area (Å²) < 4.78 is 15.9. The molecule has 7 heteroatoms. The number of halogens is 1. The van der Waals surface area contributed by atoms with Crippen LogP contribution in [-0.4, -0.2) is 39.4 Å². The van der Waals surface area contributed by atoms with E-state index < -0.39 is 11.9 Å². The minimum Gasteiger partial charge on any atom is -0.335 e. The van der Waals surface area contributed by atoms with Crippen LogP contribution >= 0.6 is 0 Å². The van der Waals surface area contributed by atoms with Crippen LogP contribution < -0.4 is 5.32 Å². The number of hydrogen-bond donors (Lipinski definition) is 1. The maximum absolute atomic E-state index is 14.1. The summed E-state index contributed by atoms with van der Waals surface area (Å²) in [6, 6.07) is 10.9. The van der Waals surface area contributed by atoms with Gasteiger partial charge in [-0.15, -0.1) is 0 Å². The van der Waals surface area contributed by atoms with Gasteiger partial charge in [0.15, 0.2) is 0 Å². The van der Waals surface area contributed by atoms with Crippen molar-refractivity contribution in [2.75, 3.05) is 18.4 Å². The van der Waals surface area contributed by atoms with Crippen LogP contribution in [0.5, 0.6) is 0 Å². The van der Waals surface area contributed by atoms with E-state index >= 15 is 0 Å². The lowest BCUT2D eigenvalue weighted by Crippen LogP contribution is -2.33. The minimum atomic E-state index is -0.570. The third kappa shape index (κ3) is 3.89. The Morgan fingerprint density at radius 2 is 2.00 bits per heavy atom. The number of para-hydroxylation sites is 2. The molecule has 29 heavy (non-hydrogen) atoms. The number of rotatable bonds is 4. The van der Waals surface area contributed by atoms with Crippen LogP contribution in [0.2, 0.25) is 0 Å². The average molecular weight is 392 g/mol. The van der Waals surface area contributed by atoms with Crippen molar-refractivity contribution in [3.63, 3.8) is 0 Å². The number of amides is 2. The van der Waals surface area contributed by atoms with Crippen molar-refractivity contribution in [1.29, 1.82) is 0 Å². The summed E-state index contributed by atoms with van der Waals surface area (Å²) >= 11 is 0. The lowest BCUT2D eigenvalue weighted by atomic mass is 10.1. The first-order chi connectivity index (χ1) is 14.0. The van der Waals surface area contributed by atoms with E-state index in [1.807, 2.05) is 36.4 Å². The van der Waals surface area contributed by atoms with Crippen molar-refractivity contribution in [2.45, 2.75) is 19.4 Å². The highest BCUT2D eigenvalue weighted by Gasteiger charge is 2.20. The highest BCUT2D eigenvalue weighted by Crippen LogP contribution is 2.21. The van der Waals surface area contributed by atoms with Crippen molar-refractivity contribution in [1.82, 2.24) is 14.5 Å². The monoisotopic (exact) mass is 392 g/mol. The van der Waals surface area contributed by atoms with Crippen LogP contribution in [0.25, 0.3) is 11.0 Å². The maximum atomic E-state index is 14.1. The van der Waals surface area contributed by atoms with Crippen molar-refractivity contribution in [3.05, 3.63) is 72.3 Å². The number of carbonyl (C=O) groups is 2. The third-order valence-electron chi connectivity index (χ3n) is 5.04. The number of anilines is 1. The average Bonchev–Trinajstić information content (AvgIpc) is 3.17. The number of nitrogens with one attached hydrogen (secondary N) is 1. The predicted octanol–water partition coefficient (Wildman–Crippen LogP) is 3.78. The summed E-state index contributed by atoms with van der Waals surface area (Å²) in [6.45, 7) is 2.84. The van der Waals surface area contributed by atoms with Crippen LogP contribution in [0.15, 0.2) is 60.9 Å². The highest BCUT2D eigenvalue weighted by molar-refractivity contribution is 5.98. The molecule has 6 nitrogen and oxygen atoms in total. The second kappa shape index (κ2) is 7.87. The highest BCUT2D eigenvalue weighted by atomic mass is 19.1. The summed E-state index contributed by atoms with van der Waals surface area (Å²) in [5.41, 5.74) is 2.10. The van der Waals surface area contributed by atoms with Gasteiger partial charge in [0, 0.05) is 24.3 Å². The Kier molecular flexibility index (Phi) is 5.12. The van der Waals surface area contributed by atoms with E-state index in [0.29, 0.717) is 13.1 Å². The Morgan fingerprint density at radius 1 is 1.17 bits per heavy atom. The molecule has 0 spiro atoms. The summed E-state index contributed by atoms with van der Waals surface area (Å²) in [5.74, 6) is -1.14. The predicted molar refractivity (Wildman–Crippen MR) is 109 cm³/mol. The first kappa shape index (κ1) is 18.9. The van der Waals surface area contributed by atoms with Crippen LogP contribution in [0.3, 0.4) is 0 Å². The first-order valence-corrected chi connectivity index (χ1v) is 9.50. The number of benzene rings is 2. The van der Waals surface area contributed by atoms with Crippen molar-refractivity contribution >= 4 is 28.5 Å². The van der Waals surface area contributed by atoms with E-state index in [0.717, 1.165) is 17.5 Å². The number of aromatic nitrogens is 2. The van der Waals surface area contributed by atoms with Gasteiger partial charge in [-0.3, -0.25) is 9.59 Å². The second-order valence-corrected chi connectivity index (χ2v) is 7.05. The van der Waals surface area contributed by atoms with Gasteiger partial charge < -0.3 is 14.8 Å². The van der Waals surface area contributed by atoms with Gasteiger partial charge in [0.2, 0.25) is 5.91 Å². The van der Waals surface area contributed by atoms with Gasteiger partial charge in [-0.1, -0.05) is 24.3 Å². The Bertz CT molecular complexity index is 1110. The largest absolute Gasteiger partial charge is 0.335 e. The Morgan fingerprint density at radius 3 is 2.79 bits per heavy atom. The first-order valence-electron chi connectivity index (χ1n) is 9.50. The smallest absolute Gasteiger partial charge is 0.254 e. The van der Waals surface area contributed by atoms with Gasteiger partial charge in [0.1, 0.15) is 11.9 Å². The van der Waals surface area contributed by atoms with E-state index in [1.165, 1.54) is 18.2 Å². The van der Waals surface area contributed by atoms with Gasteiger partial charge in [-0.2, -0.15) is 0 Å². The molecule has 1 N–H and O–H groups in total. The number of fused-ring (bicyclic) bond motifs is 1. The molecule has 0 aliphatic carbocycles. The molecule has 2 aromatic carbocycles. The molecule has 1 aromatic heterocycles. The molecular weight excluding hydrogens is 371 g/mol. The molecule has 2 heterocycles. The molecule has 4 rings (SSSR count). The zero-order valence-corrected chi connectivity index (χ0v) is 16.0. The van der Waals surface area contributed by atoms with E-state index in [2.05, 4.69) is 10.3 Å². The minimum absolute atomic E-state index is 0.219. The molecule has 0 saturated carbocycles. The topological polar surface area (TPSA) is 67.2 Å². The molecule has 1 aliphatic rings. The lowest BCUT2D eigenvalue weighted by Gasteiger charge is -2.23. The summed E-state index contributed by atoms with van der Waals surface area (Å²) in [7, 11) is 0. The van der Waals surface area contributed by atoms with Crippen LogP contribution in [-0.2, 0) is 4.79 Å². The molecule has 0 fully saturated rings. The van der Waals surface area contributed by atoms with Crippen LogP contribution in [0, 0.1) is 5.82 Å². The SMILES string of the molecule is CC(C(=O)Nc1cc(F)cc(C(=O)N2CC=CCC2)c1)n1cnc2ccccc21. The molecule has 3 aromatic rings. The Labute approximate surface area is 167 Å². The van der Waals surface area contributed by atoms with Gasteiger partial charge in [-0.25, -0.2) is 9.37 Å². The number of hydrogen-bond acceptors (Lipinski definition) is 3. The molecule has 1 atom stereocenters. The van der Waals surface area contributed by atoms with E-state index in [9.17, 15) is 14.0 Å². The van der Waals surface area contributed by atoms with E-state index in [1.54, 1.807) is 22.7 Å². The fourth-order valence-electron chi connectivity index (χ4n) is 3.45. The van der Waals surface area contributed by atoms with E-state index in [-0.39, 0.29) is 23.1 Å². The fraction of sp³-hybridized carbons (Fsp3) is 0.227. The summed E-state index contributed by atoms with van der Waals surface area (Å²) in [5, 5.41) is 2.72. The van der Waals surface area contributed by atoms with Crippen LogP contribution in [0.1, 0.15) is 29.7 Å². The molecule has 0 bridgehead atoms. The van der Waals surface area contributed by atoms with Crippen LogP contribution in [0.4, 0.5) is 10.1 Å². The van der Waals surface area contributed by atoms with Gasteiger partial charge in [0.05, 0.1) is 17.4 Å². The lowest BCUT2D eigenvalue weighted by molar-refractivity contribution is -0.118. The summed E-state index contributed by atoms with van der Waals surface area (Å²) in [6.07, 6.45) is 6.32. The van der Waals surface area contributed by atoms with Crippen molar-refractivity contribution in [2.24, 2.45) is 0 Å². The number of nitrogens with zero attached hydrogens (tertiary/aromatic N) is 3. The van der Waals surface area contributed by atoms with Gasteiger partial charge in [0.25, 0.3) is 5.91 Å². The molecule has 1 unspecified atom stereocenters. The molecule has 0 radical (unpaired) electrons. The van der Waals surface area contributed by atoms with Gasteiger partial charge in [-0.05, 0) is 43.7 Å². The fourth-order valence-corrected chi connectivity index (χ4v) is 3.45. The Hall–Kier alpha value is -3.48. The molecule has 2 amide bonds. The molecule has 148 valence electrons. The van der Waals surface area contributed by atoms with E-state index in [4.69, 9.17) is 0 Å². The second-order valence-electron chi connectivity index (χ2n) is 7.05. The number of carbonyl (C=O) groups excluding carboxylic acids is 2. The normalized spacial score (nSPS) is 14.8. The third-order valence-corrected chi connectivity index (χ3v) is 5.04. The quantitative estimate of drug-likeness (QED) is 0.687. The van der Waals surface area contributed by atoms with Crippen molar-refractivity contribution < 1.29 is 14.0 Å². The number of imidazole rings is 1. The molecule has 0 saturated heterocycles.